The van der Waals surface area contributed by atoms with E-state index in [-0.39, 0.29) is 11.8 Å². The Hall–Kier alpha value is -1.09. The van der Waals surface area contributed by atoms with Crippen LogP contribution in [0.1, 0.15) is 40.0 Å². The summed E-state index contributed by atoms with van der Waals surface area (Å²) in [7, 11) is -1.58. The average molecular weight is 319 g/mol. The molecule has 0 N–H and O–H groups in total. The monoisotopic (exact) mass is 318 g/mol. The first-order chi connectivity index (χ1) is 10.1. The number of hydrogen-bond donors (Lipinski definition) is 0. The van der Waals surface area contributed by atoms with Crippen LogP contribution in [0.15, 0.2) is 35.1 Å². The Kier molecular flexibility index (Phi) is 4.86. The summed E-state index contributed by atoms with van der Waals surface area (Å²) in [5.74, 6) is 2.14. The molecule has 0 bridgehead atoms. The lowest BCUT2D eigenvalue weighted by molar-refractivity contribution is -0.122. The van der Waals surface area contributed by atoms with Crippen molar-refractivity contribution >= 4 is 14.1 Å². The van der Waals surface area contributed by atoms with Crippen LogP contribution in [0.4, 0.5) is 0 Å². The quantitative estimate of drug-likeness (QED) is 0.523. The summed E-state index contributed by atoms with van der Waals surface area (Å²) < 4.78 is 6.26. The van der Waals surface area contributed by atoms with Gasteiger partial charge in [-0.2, -0.15) is 0 Å². The minimum atomic E-state index is -1.58. The normalized spacial score (nSPS) is 29.6. The molecule has 0 aliphatic heterocycles. The number of carbonyl (C=O) groups excluding carboxylic acids is 1. The number of allylic oxidation sites excluding steroid dienone is 5. The molecule has 3 heteroatoms. The maximum Gasteiger partial charge on any atom is 0.241 e. The summed E-state index contributed by atoms with van der Waals surface area (Å²) >= 11 is 0. The standard InChI is InChI=1S/C19H30O2Si/c1-12(2)15-9-8-13(3)19(20)18(15)16-10-11-17(14(16)4)21-22(5,6)7/h8,15-16,18H,1,9-11H2,2-7H3/t15-,16+,18+/m1/s1. The SMILES string of the molecule is C=C(C)[C@H]1CC=C(C)C(=O)[C@@H]1[C@H]1CCC(O[Si](C)(C)C)=C1C. The van der Waals surface area contributed by atoms with Crippen molar-refractivity contribution in [1.82, 2.24) is 0 Å². The first-order valence-electron chi connectivity index (χ1n) is 8.37. The third kappa shape index (κ3) is 3.45. The van der Waals surface area contributed by atoms with Gasteiger partial charge < -0.3 is 4.43 Å². The third-order valence-electron chi connectivity index (χ3n) is 4.98. The van der Waals surface area contributed by atoms with Gasteiger partial charge in [-0.1, -0.05) is 18.2 Å². The largest absolute Gasteiger partial charge is 0.547 e. The topological polar surface area (TPSA) is 26.3 Å². The molecule has 0 radical (unpaired) electrons. The number of ketones is 1. The van der Waals surface area contributed by atoms with E-state index in [1.165, 1.54) is 5.57 Å². The maximum absolute atomic E-state index is 12.8. The summed E-state index contributed by atoms with van der Waals surface area (Å²) in [6, 6.07) is 0. The van der Waals surface area contributed by atoms with E-state index >= 15 is 0 Å². The molecule has 2 aliphatic rings. The van der Waals surface area contributed by atoms with E-state index in [2.05, 4.69) is 46.1 Å². The second kappa shape index (κ2) is 6.19. The van der Waals surface area contributed by atoms with Gasteiger partial charge >= 0.3 is 0 Å². The van der Waals surface area contributed by atoms with Crippen LogP contribution in [-0.4, -0.2) is 14.1 Å². The van der Waals surface area contributed by atoms with Crippen molar-refractivity contribution in [2.75, 3.05) is 0 Å². The van der Waals surface area contributed by atoms with Gasteiger partial charge in [0.05, 0.1) is 5.76 Å². The molecule has 0 spiro atoms. The molecule has 0 aromatic heterocycles. The Morgan fingerprint density at radius 3 is 2.50 bits per heavy atom. The molecule has 122 valence electrons. The van der Waals surface area contributed by atoms with Crippen molar-refractivity contribution < 1.29 is 9.22 Å². The predicted octanol–water partition coefficient (Wildman–Crippen LogP) is 5.25. The zero-order valence-corrected chi connectivity index (χ0v) is 16.0. The fraction of sp³-hybridized carbons (Fsp3) is 0.632. The van der Waals surface area contributed by atoms with Gasteiger partial charge in [0.15, 0.2) is 5.78 Å². The second-order valence-corrected chi connectivity index (χ2v) is 12.4. The molecular formula is C19H30O2Si. The van der Waals surface area contributed by atoms with E-state index in [0.29, 0.717) is 11.7 Å². The van der Waals surface area contributed by atoms with Crippen molar-refractivity contribution in [3.8, 4) is 0 Å². The smallest absolute Gasteiger partial charge is 0.241 e. The van der Waals surface area contributed by atoms with E-state index in [0.717, 1.165) is 36.2 Å². The zero-order chi connectivity index (χ0) is 16.7. The Bertz CT molecular complexity index is 548. The Morgan fingerprint density at radius 1 is 1.32 bits per heavy atom. The summed E-state index contributed by atoms with van der Waals surface area (Å²) in [5.41, 5.74) is 3.37. The Morgan fingerprint density at radius 2 is 1.95 bits per heavy atom. The van der Waals surface area contributed by atoms with E-state index in [1.54, 1.807) is 0 Å². The molecule has 0 fully saturated rings. The van der Waals surface area contributed by atoms with Crippen molar-refractivity contribution in [3.63, 3.8) is 0 Å². The number of Topliss-reactive ketones (excluding diaryl/α,β-unsaturated/α-hetero) is 1. The minimum Gasteiger partial charge on any atom is -0.547 e. The van der Waals surface area contributed by atoms with Crippen LogP contribution in [0.5, 0.6) is 0 Å². The van der Waals surface area contributed by atoms with Crippen LogP contribution >= 0.6 is 0 Å². The highest BCUT2D eigenvalue weighted by atomic mass is 28.4. The molecule has 0 heterocycles. The highest BCUT2D eigenvalue weighted by Gasteiger charge is 2.42. The Balaban J connectivity index is 2.31. The van der Waals surface area contributed by atoms with Crippen LogP contribution in [0, 0.1) is 17.8 Å². The molecule has 22 heavy (non-hydrogen) atoms. The van der Waals surface area contributed by atoms with Crippen molar-refractivity contribution in [1.29, 1.82) is 0 Å². The molecule has 0 aromatic carbocycles. The second-order valence-electron chi connectivity index (χ2n) is 7.93. The fourth-order valence-corrected chi connectivity index (χ4v) is 4.83. The zero-order valence-electron chi connectivity index (χ0n) is 15.0. The minimum absolute atomic E-state index is 0.0604. The summed E-state index contributed by atoms with van der Waals surface area (Å²) in [6.45, 7) is 17.0. The van der Waals surface area contributed by atoms with Crippen LogP contribution < -0.4 is 0 Å². The lowest BCUT2D eigenvalue weighted by atomic mass is 9.68. The predicted molar refractivity (Wildman–Crippen MR) is 95.0 cm³/mol. The first kappa shape index (κ1) is 17.3. The number of rotatable bonds is 4. The first-order valence-corrected chi connectivity index (χ1v) is 11.8. The van der Waals surface area contributed by atoms with Gasteiger partial charge in [0.25, 0.3) is 0 Å². The van der Waals surface area contributed by atoms with E-state index in [9.17, 15) is 4.79 Å². The molecule has 0 saturated carbocycles. The van der Waals surface area contributed by atoms with Gasteiger partial charge in [-0.05, 0) is 76.2 Å². The fourth-order valence-electron chi connectivity index (χ4n) is 3.82. The molecule has 0 saturated heterocycles. The van der Waals surface area contributed by atoms with Gasteiger partial charge in [0, 0.05) is 12.3 Å². The summed E-state index contributed by atoms with van der Waals surface area (Å²) in [4.78, 5) is 12.8. The van der Waals surface area contributed by atoms with Crippen molar-refractivity contribution in [3.05, 3.63) is 35.1 Å². The van der Waals surface area contributed by atoms with Gasteiger partial charge in [0.1, 0.15) is 0 Å². The van der Waals surface area contributed by atoms with Gasteiger partial charge in [0.2, 0.25) is 8.32 Å². The van der Waals surface area contributed by atoms with Gasteiger partial charge in [-0.3, -0.25) is 4.79 Å². The lowest BCUT2D eigenvalue weighted by Gasteiger charge is -2.34. The maximum atomic E-state index is 12.8. The van der Waals surface area contributed by atoms with E-state index in [1.807, 2.05) is 6.92 Å². The number of carbonyl (C=O) groups is 1. The molecule has 0 amide bonds. The molecule has 2 aliphatic carbocycles. The van der Waals surface area contributed by atoms with Crippen molar-refractivity contribution in [2.24, 2.45) is 17.8 Å². The summed E-state index contributed by atoms with van der Waals surface area (Å²) in [5, 5.41) is 0. The molecular weight excluding hydrogens is 288 g/mol. The van der Waals surface area contributed by atoms with Crippen LogP contribution in [0.25, 0.3) is 0 Å². The highest BCUT2D eigenvalue weighted by Crippen LogP contribution is 2.46. The van der Waals surface area contributed by atoms with Gasteiger partial charge in [-0.25, -0.2) is 0 Å². The average Bonchev–Trinajstić information content (AvgIpc) is 2.72. The molecule has 0 unspecified atom stereocenters. The van der Waals surface area contributed by atoms with Crippen molar-refractivity contribution in [2.45, 2.75) is 59.7 Å². The molecule has 3 atom stereocenters. The van der Waals surface area contributed by atoms with Crippen LogP contribution in [0.2, 0.25) is 19.6 Å². The van der Waals surface area contributed by atoms with Crippen LogP contribution in [0.3, 0.4) is 0 Å². The van der Waals surface area contributed by atoms with Crippen LogP contribution in [-0.2, 0) is 9.22 Å². The number of hydrogen-bond acceptors (Lipinski definition) is 2. The molecule has 0 aromatic rings. The van der Waals surface area contributed by atoms with Gasteiger partial charge in [-0.15, -0.1) is 0 Å². The van der Waals surface area contributed by atoms with E-state index < -0.39 is 8.32 Å². The summed E-state index contributed by atoms with van der Waals surface area (Å²) in [6.07, 6.45) is 5.06. The Labute approximate surface area is 136 Å². The lowest BCUT2D eigenvalue weighted by Crippen LogP contribution is -2.34. The molecule has 2 nitrogen and oxygen atoms in total. The third-order valence-corrected chi connectivity index (χ3v) is 5.84. The molecule has 2 rings (SSSR count). The highest BCUT2D eigenvalue weighted by molar-refractivity contribution is 6.70. The van der Waals surface area contributed by atoms with E-state index in [4.69, 9.17) is 4.43 Å².